The molecule has 1 rings (SSSR count). The van der Waals surface area contributed by atoms with Crippen LogP contribution >= 0.6 is 0 Å². The number of rotatable bonds is 6. The van der Waals surface area contributed by atoms with Crippen molar-refractivity contribution >= 4 is 5.78 Å². The lowest BCUT2D eigenvalue weighted by molar-refractivity contribution is -0.137. The molecule has 2 nitrogen and oxygen atoms in total. The minimum Gasteiger partial charge on any atom is -0.330 e. The maximum absolute atomic E-state index is 12.5. The summed E-state index contributed by atoms with van der Waals surface area (Å²) in [7, 11) is 0. The van der Waals surface area contributed by atoms with Crippen LogP contribution in [0.3, 0.4) is 0 Å². The van der Waals surface area contributed by atoms with Gasteiger partial charge in [0.1, 0.15) is 0 Å². The highest BCUT2D eigenvalue weighted by Crippen LogP contribution is 2.30. The van der Waals surface area contributed by atoms with Crippen molar-refractivity contribution in [1.82, 2.24) is 0 Å². The standard InChI is InChI=1S/C14H18F3NO/c1-10-9-11(14(15,16)17)6-7-12(10)13(19)5-3-2-4-8-18/h6-7,9H,2-5,8,18H2,1H3. The summed E-state index contributed by atoms with van der Waals surface area (Å²) in [5.41, 5.74) is 5.38. The van der Waals surface area contributed by atoms with E-state index < -0.39 is 11.7 Å². The molecule has 0 fully saturated rings. The zero-order valence-corrected chi connectivity index (χ0v) is 10.9. The van der Waals surface area contributed by atoms with E-state index in [0.717, 1.165) is 31.4 Å². The Morgan fingerprint density at radius 3 is 2.42 bits per heavy atom. The Kier molecular flexibility index (Phi) is 5.54. The van der Waals surface area contributed by atoms with Gasteiger partial charge < -0.3 is 5.73 Å². The Balaban J connectivity index is 2.71. The molecule has 0 radical (unpaired) electrons. The highest BCUT2D eigenvalue weighted by atomic mass is 19.4. The Labute approximate surface area is 110 Å². The van der Waals surface area contributed by atoms with Crippen LogP contribution in [0.2, 0.25) is 0 Å². The van der Waals surface area contributed by atoms with E-state index in [9.17, 15) is 18.0 Å². The van der Waals surface area contributed by atoms with E-state index in [1.807, 2.05) is 0 Å². The average Bonchev–Trinajstić information content (AvgIpc) is 2.33. The molecule has 5 heteroatoms. The monoisotopic (exact) mass is 273 g/mol. The van der Waals surface area contributed by atoms with Crippen LogP contribution in [0.25, 0.3) is 0 Å². The average molecular weight is 273 g/mol. The number of hydrogen-bond donors (Lipinski definition) is 1. The fourth-order valence-electron chi connectivity index (χ4n) is 1.89. The third-order valence-corrected chi connectivity index (χ3v) is 2.96. The van der Waals surface area contributed by atoms with Crippen molar-refractivity contribution in [3.05, 3.63) is 34.9 Å². The second-order valence-corrected chi connectivity index (χ2v) is 4.55. The number of carbonyl (C=O) groups is 1. The molecule has 1 aromatic carbocycles. The van der Waals surface area contributed by atoms with Crippen molar-refractivity contribution in [3.8, 4) is 0 Å². The number of hydrogen-bond acceptors (Lipinski definition) is 2. The maximum atomic E-state index is 12.5. The number of benzene rings is 1. The molecule has 0 saturated heterocycles. The second-order valence-electron chi connectivity index (χ2n) is 4.55. The van der Waals surface area contributed by atoms with Gasteiger partial charge in [-0.3, -0.25) is 4.79 Å². The summed E-state index contributed by atoms with van der Waals surface area (Å²) >= 11 is 0. The van der Waals surface area contributed by atoms with Crippen molar-refractivity contribution in [2.45, 2.75) is 38.8 Å². The first-order chi connectivity index (χ1) is 8.86. The van der Waals surface area contributed by atoms with E-state index in [0.29, 0.717) is 24.1 Å². The molecular weight excluding hydrogens is 255 g/mol. The number of unbranched alkanes of at least 4 members (excludes halogenated alkanes) is 2. The van der Waals surface area contributed by atoms with Gasteiger partial charge in [-0.05, 0) is 44.0 Å². The van der Waals surface area contributed by atoms with Crippen LogP contribution in [0.1, 0.15) is 47.2 Å². The summed E-state index contributed by atoms with van der Waals surface area (Å²) in [6.07, 6.45) is -1.57. The molecule has 0 heterocycles. The van der Waals surface area contributed by atoms with Gasteiger partial charge in [0.25, 0.3) is 0 Å². The van der Waals surface area contributed by atoms with Gasteiger partial charge >= 0.3 is 6.18 Å². The molecular formula is C14H18F3NO. The molecule has 2 N–H and O–H groups in total. The third kappa shape index (κ3) is 4.67. The first-order valence-electron chi connectivity index (χ1n) is 6.27. The van der Waals surface area contributed by atoms with Crippen LogP contribution in [0, 0.1) is 6.92 Å². The zero-order chi connectivity index (χ0) is 14.5. The van der Waals surface area contributed by atoms with Gasteiger partial charge in [0, 0.05) is 12.0 Å². The van der Waals surface area contributed by atoms with E-state index in [2.05, 4.69) is 0 Å². The lowest BCUT2D eigenvalue weighted by atomic mass is 9.98. The van der Waals surface area contributed by atoms with Crippen LogP contribution in [0.4, 0.5) is 13.2 Å². The summed E-state index contributed by atoms with van der Waals surface area (Å²) in [5, 5.41) is 0. The Bertz CT molecular complexity index is 441. The first-order valence-corrected chi connectivity index (χ1v) is 6.27. The van der Waals surface area contributed by atoms with E-state index in [1.165, 1.54) is 13.0 Å². The van der Waals surface area contributed by atoms with Gasteiger partial charge in [0.2, 0.25) is 0 Å². The van der Waals surface area contributed by atoms with Gasteiger partial charge in [-0.25, -0.2) is 0 Å². The molecule has 0 atom stereocenters. The SMILES string of the molecule is Cc1cc(C(F)(F)F)ccc1C(=O)CCCCCN. The molecule has 1 aromatic rings. The number of aryl methyl sites for hydroxylation is 1. The van der Waals surface area contributed by atoms with Crippen molar-refractivity contribution in [2.24, 2.45) is 5.73 Å². The summed E-state index contributed by atoms with van der Waals surface area (Å²) in [5.74, 6) is -0.108. The summed E-state index contributed by atoms with van der Waals surface area (Å²) in [6.45, 7) is 2.12. The number of nitrogens with two attached hydrogens (primary N) is 1. The Hall–Kier alpha value is -1.36. The van der Waals surface area contributed by atoms with E-state index in [4.69, 9.17) is 5.73 Å². The number of halogens is 3. The van der Waals surface area contributed by atoms with Crippen molar-refractivity contribution in [3.63, 3.8) is 0 Å². The quantitative estimate of drug-likeness (QED) is 0.634. The molecule has 0 bridgehead atoms. The molecule has 0 spiro atoms. The normalized spacial score (nSPS) is 11.6. The van der Waals surface area contributed by atoms with Crippen LogP contribution < -0.4 is 5.73 Å². The Morgan fingerprint density at radius 1 is 1.21 bits per heavy atom. The highest BCUT2D eigenvalue weighted by Gasteiger charge is 2.30. The fourth-order valence-corrected chi connectivity index (χ4v) is 1.89. The van der Waals surface area contributed by atoms with Crippen molar-refractivity contribution in [1.29, 1.82) is 0 Å². The lowest BCUT2D eigenvalue weighted by Gasteiger charge is -2.10. The molecule has 0 aliphatic rings. The third-order valence-electron chi connectivity index (χ3n) is 2.96. The largest absolute Gasteiger partial charge is 0.416 e. The molecule has 0 unspecified atom stereocenters. The van der Waals surface area contributed by atoms with Gasteiger partial charge in [0.15, 0.2) is 5.78 Å². The smallest absolute Gasteiger partial charge is 0.330 e. The number of ketones is 1. The fraction of sp³-hybridized carbons (Fsp3) is 0.500. The number of Topliss-reactive ketones (excluding diaryl/α,β-unsaturated/α-hetero) is 1. The highest BCUT2D eigenvalue weighted by molar-refractivity contribution is 5.97. The summed E-state index contributed by atoms with van der Waals surface area (Å²) in [4.78, 5) is 11.9. The molecule has 0 aromatic heterocycles. The Morgan fingerprint density at radius 2 is 1.89 bits per heavy atom. The van der Waals surface area contributed by atoms with Crippen molar-refractivity contribution < 1.29 is 18.0 Å². The van der Waals surface area contributed by atoms with Gasteiger partial charge in [-0.1, -0.05) is 12.5 Å². The van der Waals surface area contributed by atoms with Gasteiger partial charge in [-0.2, -0.15) is 13.2 Å². The minimum atomic E-state index is -4.37. The number of alkyl halides is 3. The molecule has 0 saturated carbocycles. The van der Waals surface area contributed by atoms with E-state index in [-0.39, 0.29) is 5.78 Å². The van der Waals surface area contributed by atoms with Crippen molar-refractivity contribution in [2.75, 3.05) is 6.54 Å². The second kappa shape index (κ2) is 6.70. The minimum absolute atomic E-state index is 0.108. The molecule has 0 aliphatic heterocycles. The lowest BCUT2D eigenvalue weighted by Crippen LogP contribution is -2.08. The molecule has 19 heavy (non-hydrogen) atoms. The predicted octanol–water partition coefficient (Wildman–Crippen LogP) is 3.72. The number of carbonyl (C=O) groups excluding carboxylic acids is 1. The van der Waals surface area contributed by atoms with Crippen LogP contribution in [-0.4, -0.2) is 12.3 Å². The van der Waals surface area contributed by atoms with E-state index in [1.54, 1.807) is 0 Å². The van der Waals surface area contributed by atoms with Crippen LogP contribution in [0.5, 0.6) is 0 Å². The van der Waals surface area contributed by atoms with Gasteiger partial charge in [0.05, 0.1) is 5.56 Å². The molecule has 106 valence electrons. The summed E-state index contributed by atoms with van der Waals surface area (Å²) in [6, 6.07) is 3.25. The molecule has 0 aliphatic carbocycles. The first kappa shape index (κ1) is 15.7. The summed E-state index contributed by atoms with van der Waals surface area (Å²) < 4.78 is 37.5. The zero-order valence-electron chi connectivity index (χ0n) is 10.9. The topological polar surface area (TPSA) is 43.1 Å². The predicted molar refractivity (Wildman–Crippen MR) is 68.0 cm³/mol. The van der Waals surface area contributed by atoms with Crippen LogP contribution in [-0.2, 0) is 6.18 Å². The van der Waals surface area contributed by atoms with Crippen LogP contribution in [0.15, 0.2) is 18.2 Å². The molecule has 0 amide bonds. The maximum Gasteiger partial charge on any atom is 0.416 e. The van der Waals surface area contributed by atoms with Gasteiger partial charge in [-0.15, -0.1) is 0 Å². The van der Waals surface area contributed by atoms with E-state index >= 15 is 0 Å².